The van der Waals surface area contributed by atoms with Gasteiger partial charge in [-0.15, -0.1) is 0 Å². The lowest BCUT2D eigenvalue weighted by molar-refractivity contribution is 0.107. The van der Waals surface area contributed by atoms with E-state index in [9.17, 15) is 17.6 Å². The maximum absolute atomic E-state index is 12.9. The Morgan fingerprint density at radius 2 is 1.44 bits per heavy atom. The highest BCUT2D eigenvalue weighted by Crippen LogP contribution is 2.21. The van der Waals surface area contributed by atoms with Crippen molar-refractivity contribution in [2.75, 3.05) is 0 Å². The van der Waals surface area contributed by atoms with Gasteiger partial charge in [-0.25, -0.2) is 17.8 Å². The number of nitrogens with zero attached hydrogens (tertiary/aromatic N) is 1. The molecule has 0 aliphatic carbocycles. The van der Waals surface area contributed by atoms with Crippen LogP contribution in [0.25, 0.3) is 12.2 Å². The van der Waals surface area contributed by atoms with E-state index in [0.717, 1.165) is 11.1 Å². The minimum atomic E-state index is -3.87. The number of halogens is 2. The second-order valence-electron chi connectivity index (χ2n) is 5.59. The van der Waals surface area contributed by atoms with Crippen LogP contribution in [0.1, 0.15) is 21.6 Å². The molecule has 0 aliphatic heterocycles. The van der Waals surface area contributed by atoms with Crippen molar-refractivity contribution >= 4 is 38.8 Å². The van der Waals surface area contributed by atoms with Crippen molar-refractivity contribution in [3.63, 3.8) is 0 Å². The minimum Gasteiger partial charge on any atom is -0.274 e. The molecule has 3 aromatic rings. The van der Waals surface area contributed by atoms with Gasteiger partial charge >= 0.3 is 0 Å². The molecule has 0 amide bonds. The van der Waals surface area contributed by atoms with Crippen LogP contribution in [0.5, 0.6) is 0 Å². The molecule has 0 N–H and O–H groups in total. The van der Waals surface area contributed by atoms with E-state index in [1.165, 1.54) is 42.5 Å². The van der Waals surface area contributed by atoms with Crippen LogP contribution < -0.4 is 0 Å². The maximum atomic E-state index is 12.9. The molecule has 3 rings (SSSR count). The van der Waals surface area contributed by atoms with Crippen molar-refractivity contribution in [2.45, 2.75) is 9.92 Å². The largest absolute Gasteiger partial charge is 0.274 e. The van der Waals surface area contributed by atoms with Gasteiger partial charge in [-0.2, -0.15) is 0 Å². The zero-order valence-corrected chi connectivity index (χ0v) is 15.4. The predicted molar refractivity (Wildman–Crippen MR) is 102 cm³/mol. The average molecular weight is 402 g/mol. The number of benzene rings is 2. The molecule has 7 heteroatoms. The second kappa shape index (κ2) is 7.82. The number of sulfone groups is 1. The number of carbonyl (C=O) groups excluding carboxylic acids is 1. The molecule has 0 spiro atoms. The highest BCUT2D eigenvalue weighted by molar-refractivity contribution is 7.91. The Kier molecular flexibility index (Phi) is 5.48. The quantitative estimate of drug-likeness (QED) is 0.463. The maximum Gasteiger partial charge on any atom is 0.270 e. The monoisotopic (exact) mass is 401 g/mol. The van der Waals surface area contributed by atoms with E-state index < -0.39 is 15.1 Å². The summed E-state index contributed by atoms with van der Waals surface area (Å²) >= 11 is 5.36. The summed E-state index contributed by atoms with van der Waals surface area (Å²) in [7, 11) is -3.87. The average Bonchev–Trinajstić information content (AvgIpc) is 2.68. The molecule has 4 nitrogen and oxygen atoms in total. The number of carbonyl (C=O) groups is 1. The number of aromatic nitrogens is 1. The van der Waals surface area contributed by atoms with Gasteiger partial charge in [0, 0.05) is 0 Å². The highest BCUT2D eigenvalue weighted by atomic mass is 35.5. The zero-order valence-electron chi connectivity index (χ0n) is 13.8. The third-order valence-electron chi connectivity index (χ3n) is 3.73. The van der Waals surface area contributed by atoms with Gasteiger partial charge < -0.3 is 0 Å². The van der Waals surface area contributed by atoms with Gasteiger partial charge in [-0.3, -0.25) is 4.79 Å². The first-order chi connectivity index (χ1) is 12.9. The fourth-order valence-electron chi connectivity index (χ4n) is 2.32. The summed E-state index contributed by atoms with van der Waals surface area (Å²) in [4.78, 5) is 15.1. The van der Waals surface area contributed by atoms with E-state index in [0.29, 0.717) is 0 Å². The molecule has 0 fully saturated rings. The summed E-state index contributed by atoms with van der Waals surface area (Å²) in [6, 6.07) is 16.3. The van der Waals surface area contributed by atoms with E-state index in [2.05, 4.69) is 4.98 Å². The molecular formula is C20H13ClFNO3S. The molecule has 1 heterocycles. The zero-order chi connectivity index (χ0) is 19.4. The molecule has 0 bridgehead atoms. The van der Waals surface area contributed by atoms with Crippen LogP contribution in [0.3, 0.4) is 0 Å². The molecule has 0 saturated heterocycles. The van der Waals surface area contributed by atoms with Crippen molar-refractivity contribution in [3.8, 4) is 0 Å². The smallest absolute Gasteiger partial charge is 0.270 e. The van der Waals surface area contributed by atoms with Crippen LogP contribution >= 0.6 is 11.6 Å². The van der Waals surface area contributed by atoms with E-state index >= 15 is 0 Å². The van der Waals surface area contributed by atoms with Crippen molar-refractivity contribution < 1.29 is 17.6 Å². The second-order valence-corrected chi connectivity index (χ2v) is 7.83. The van der Waals surface area contributed by atoms with Crippen molar-refractivity contribution in [3.05, 3.63) is 89.4 Å². The number of hydrogen-bond donors (Lipinski definition) is 0. The van der Waals surface area contributed by atoms with E-state index in [-0.39, 0.29) is 21.4 Å². The normalized spacial score (nSPS) is 11.6. The van der Waals surface area contributed by atoms with Crippen molar-refractivity contribution in [1.82, 2.24) is 4.98 Å². The lowest BCUT2D eigenvalue weighted by atomic mass is 10.1. The molecule has 27 heavy (non-hydrogen) atoms. The molecule has 0 atom stereocenters. The summed E-state index contributed by atoms with van der Waals surface area (Å²) in [6.07, 6.45) is 3.58. The molecule has 136 valence electrons. The van der Waals surface area contributed by atoms with Gasteiger partial charge in [0.1, 0.15) is 11.5 Å². The Balaban J connectivity index is 1.85. The van der Waals surface area contributed by atoms with Gasteiger partial charge in [0.15, 0.2) is 5.03 Å². The Morgan fingerprint density at radius 1 is 0.889 bits per heavy atom. The lowest BCUT2D eigenvalue weighted by Gasteiger charge is -2.05. The third kappa shape index (κ3) is 4.48. The fraction of sp³-hybridized carbons (Fsp3) is 0. The van der Waals surface area contributed by atoms with E-state index in [1.54, 1.807) is 36.4 Å². The van der Waals surface area contributed by atoms with Gasteiger partial charge in [0.2, 0.25) is 9.84 Å². The summed E-state index contributed by atoms with van der Waals surface area (Å²) in [5, 5.41) is -1.07. The Hall–Kier alpha value is -2.83. The van der Waals surface area contributed by atoms with Crippen LogP contribution in [0.15, 0.2) is 76.7 Å². The fourth-order valence-corrected chi connectivity index (χ4v) is 3.64. The van der Waals surface area contributed by atoms with Crippen molar-refractivity contribution in [2.24, 2.45) is 0 Å². The summed E-state index contributed by atoms with van der Waals surface area (Å²) in [6.45, 7) is 0. The molecule has 1 aromatic heterocycles. The minimum absolute atomic E-state index is 0.0492. The first kappa shape index (κ1) is 18.9. The first-order valence-electron chi connectivity index (χ1n) is 7.82. The highest BCUT2D eigenvalue weighted by Gasteiger charge is 2.20. The topological polar surface area (TPSA) is 64.1 Å². The predicted octanol–water partition coefficient (Wildman–Crippen LogP) is 4.60. The van der Waals surface area contributed by atoms with Crippen LogP contribution in [-0.4, -0.2) is 18.6 Å². The van der Waals surface area contributed by atoms with Gasteiger partial charge in [0.25, 0.3) is 5.24 Å². The number of rotatable bonds is 5. The molecule has 2 aromatic carbocycles. The van der Waals surface area contributed by atoms with Crippen LogP contribution in [0.4, 0.5) is 4.39 Å². The third-order valence-corrected chi connectivity index (χ3v) is 5.59. The van der Waals surface area contributed by atoms with Crippen LogP contribution in [-0.2, 0) is 9.84 Å². The molecule has 0 unspecified atom stereocenters. The summed E-state index contributed by atoms with van der Waals surface area (Å²) < 4.78 is 38.2. The van der Waals surface area contributed by atoms with Gasteiger partial charge in [-0.1, -0.05) is 42.5 Å². The molecular weight excluding hydrogens is 389 g/mol. The SMILES string of the molecule is O=C(Cl)c1cccc(S(=O)(=O)c2ccc(C=Cc3ccc(F)cc3)cc2)n1. The Morgan fingerprint density at radius 3 is 2.00 bits per heavy atom. The number of hydrogen-bond acceptors (Lipinski definition) is 4. The number of pyridine rings is 1. The van der Waals surface area contributed by atoms with Crippen LogP contribution in [0.2, 0.25) is 0 Å². The van der Waals surface area contributed by atoms with Crippen molar-refractivity contribution in [1.29, 1.82) is 0 Å². The first-order valence-corrected chi connectivity index (χ1v) is 9.68. The van der Waals surface area contributed by atoms with Gasteiger partial charge in [-0.05, 0) is 59.1 Å². The Labute approximate surface area is 160 Å². The Bertz CT molecular complexity index is 1110. The molecule has 0 radical (unpaired) electrons. The van der Waals surface area contributed by atoms with E-state index in [1.807, 2.05) is 0 Å². The van der Waals surface area contributed by atoms with Crippen LogP contribution in [0, 0.1) is 5.82 Å². The van der Waals surface area contributed by atoms with Gasteiger partial charge in [0.05, 0.1) is 4.90 Å². The van der Waals surface area contributed by atoms with E-state index in [4.69, 9.17) is 11.6 Å². The lowest BCUT2D eigenvalue weighted by Crippen LogP contribution is -2.07. The molecule has 0 aliphatic rings. The standard InChI is InChI=1S/C20H13ClFNO3S/c21-20(24)18-2-1-3-19(23-18)27(25,26)17-12-8-15(9-13-17)5-4-14-6-10-16(22)11-7-14/h1-13H. The molecule has 0 saturated carbocycles. The summed E-state index contributed by atoms with van der Waals surface area (Å²) in [5.41, 5.74) is 1.47. The summed E-state index contributed by atoms with van der Waals surface area (Å²) in [5.74, 6) is -0.310.